The Morgan fingerprint density at radius 1 is 0.567 bits per heavy atom. The molecule has 0 unspecified atom stereocenters. The standard InChI is InChI=1S/C53H55N5O.Pt/c1-50(2,3)37-25-26-54-48(31-37)58-46-24-21-36(35-17-14-13-15-18-35)27-45(46)44-23-22-43(33-47(44)58)59-42-20-16-19-40(32-42)57-34-56(49(55-57)53(10,11)12)41-29-38(51(4,5)6)28-39(30-41)52(7,8)9;/h13-31H,1-12H3;/q-2;. The Bertz CT molecular complexity index is 2810. The summed E-state index contributed by atoms with van der Waals surface area (Å²) in [6, 6.07) is 45.5. The molecule has 5 aromatic carbocycles. The molecule has 0 amide bonds. The summed E-state index contributed by atoms with van der Waals surface area (Å²) in [7, 11) is 0. The van der Waals surface area contributed by atoms with E-state index in [-0.39, 0.29) is 42.7 Å². The molecule has 0 aliphatic heterocycles. The minimum Gasteiger partial charge on any atom is -0.510 e. The van der Waals surface area contributed by atoms with Crippen LogP contribution in [-0.2, 0) is 42.7 Å². The van der Waals surface area contributed by atoms with Gasteiger partial charge in [0.25, 0.3) is 0 Å². The summed E-state index contributed by atoms with van der Waals surface area (Å²) in [6.07, 6.45) is 5.48. The minimum atomic E-state index is -0.262. The molecule has 0 saturated heterocycles. The molecule has 0 radical (unpaired) electrons. The first-order valence-electron chi connectivity index (χ1n) is 20.6. The molecule has 8 rings (SSSR count). The second-order valence-corrected chi connectivity index (χ2v) is 19.9. The summed E-state index contributed by atoms with van der Waals surface area (Å²) < 4.78 is 12.7. The average Bonchev–Trinajstić information content (AvgIpc) is 3.78. The Morgan fingerprint density at radius 3 is 1.88 bits per heavy atom. The van der Waals surface area contributed by atoms with Crippen LogP contribution in [0.4, 0.5) is 0 Å². The topological polar surface area (TPSA) is 48.8 Å². The van der Waals surface area contributed by atoms with Crippen molar-refractivity contribution in [3.63, 3.8) is 0 Å². The fourth-order valence-electron chi connectivity index (χ4n) is 7.46. The van der Waals surface area contributed by atoms with Gasteiger partial charge in [0.2, 0.25) is 12.2 Å². The third-order valence-corrected chi connectivity index (χ3v) is 11.0. The Kier molecular flexibility index (Phi) is 11.1. The Balaban J connectivity index is 0.00000544. The van der Waals surface area contributed by atoms with E-state index in [1.165, 1.54) is 22.3 Å². The van der Waals surface area contributed by atoms with E-state index in [9.17, 15) is 0 Å². The molecule has 0 aliphatic carbocycles. The van der Waals surface area contributed by atoms with Crippen LogP contribution in [0.25, 0.3) is 50.1 Å². The van der Waals surface area contributed by atoms with Gasteiger partial charge in [0.15, 0.2) is 0 Å². The first kappa shape index (κ1) is 42.8. The maximum Gasteiger partial charge on any atom is 0.210 e. The van der Waals surface area contributed by atoms with Crippen molar-refractivity contribution in [3.8, 4) is 39.8 Å². The van der Waals surface area contributed by atoms with Crippen LogP contribution in [0.5, 0.6) is 11.5 Å². The molecule has 0 saturated carbocycles. The predicted octanol–water partition coefficient (Wildman–Crippen LogP) is 12.7. The van der Waals surface area contributed by atoms with E-state index in [2.05, 4.69) is 190 Å². The molecule has 0 atom stereocenters. The molecule has 0 aliphatic rings. The van der Waals surface area contributed by atoms with Crippen molar-refractivity contribution in [1.82, 2.24) is 19.3 Å². The molecule has 310 valence electrons. The molecule has 8 aromatic rings. The molecule has 3 heterocycles. The molecule has 60 heavy (non-hydrogen) atoms. The van der Waals surface area contributed by atoms with Gasteiger partial charge in [-0.15, -0.1) is 29.7 Å². The van der Waals surface area contributed by atoms with Crippen molar-refractivity contribution in [3.05, 3.63) is 156 Å². The van der Waals surface area contributed by atoms with E-state index in [4.69, 9.17) is 14.8 Å². The third kappa shape index (κ3) is 8.50. The van der Waals surface area contributed by atoms with Crippen LogP contribution in [0.3, 0.4) is 0 Å². The van der Waals surface area contributed by atoms with Crippen LogP contribution in [0.1, 0.15) is 106 Å². The Morgan fingerprint density at radius 2 is 1.23 bits per heavy atom. The van der Waals surface area contributed by atoms with Crippen molar-refractivity contribution in [1.29, 1.82) is 0 Å². The van der Waals surface area contributed by atoms with Crippen molar-refractivity contribution < 1.29 is 30.4 Å². The number of ether oxygens (including phenoxy) is 1. The SMILES string of the molecule is CC(C)(C)c1cc(-[n+]2[c-]n(-c3[c-]c(Oc4[c-]c5c(cc4)c4cc(-c6ccccc6)ccc4n5-c4cc(C(C)(C)C)ccn4)ccc3)nc2C(C)(C)C)cc(C(C)(C)C)c1.[Pt]. The molecule has 0 fully saturated rings. The molecule has 3 aromatic heterocycles. The van der Waals surface area contributed by atoms with Gasteiger partial charge in [-0.05, 0) is 78.4 Å². The monoisotopic (exact) mass is 972 g/mol. The first-order chi connectivity index (χ1) is 27.7. The van der Waals surface area contributed by atoms with Crippen LogP contribution in [-0.4, -0.2) is 19.3 Å². The number of pyridine rings is 1. The van der Waals surface area contributed by atoms with E-state index in [1.54, 1.807) is 4.68 Å². The van der Waals surface area contributed by atoms with E-state index in [0.29, 0.717) is 11.5 Å². The number of rotatable bonds is 6. The van der Waals surface area contributed by atoms with Crippen molar-refractivity contribution in [2.24, 2.45) is 0 Å². The van der Waals surface area contributed by atoms with Crippen LogP contribution in [0.2, 0.25) is 0 Å². The number of nitrogens with zero attached hydrogens (tertiary/aromatic N) is 5. The quantitative estimate of drug-likeness (QED) is 0.123. The van der Waals surface area contributed by atoms with Crippen molar-refractivity contribution >= 4 is 21.8 Å². The van der Waals surface area contributed by atoms with Gasteiger partial charge >= 0.3 is 0 Å². The Hall–Kier alpha value is -5.32. The summed E-state index contributed by atoms with van der Waals surface area (Å²) in [6.45, 7) is 26.8. The summed E-state index contributed by atoms with van der Waals surface area (Å²) in [4.78, 5) is 4.90. The van der Waals surface area contributed by atoms with Crippen LogP contribution >= 0.6 is 0 Å². The van der Waals surface area contributed by atoms with Crippen molar-refractivity contribution in [2.45, 2.75) is 105 Å². The van der Waals surface area contributed by atoms with E-state index in [0.717, 1.165) is 50.4 Å². The number of aromatic nitrogens is 5. The van der Waals surface area contributed by atoms with Gasteiger partial charge in [0, 0.05) is 55.4 Å². The van der Waals surface area contributed by atoms with Gasteiger partial charge in [-0.1, -0.05) is 149 Å². The summed E-state index contributed by atoms with van der Waals surface area (Å²) in [5, 5.41) is 7.34. The normalized spacial score (nSPS) is 12.5. The number of hydrogen-bond acceptors (Lipinski definition) is 3. The van der Waals surface area contributed by atoms with Crippen molar-refractivity contribution in [2.75, 3.05) is 0 Å². The van der Waals surface area contributed by atoms with Crippen LogP contribution < -0.4 is 9.30 Å². The molecular formula is C53H55N5OPt-2. The second-order valence-electron chi connectivity index (χ2n) is 19.9. The fraction of sp³-hybridized carbons (Fsp3) is 0.302. The molecule has 0 bridgehead atoms. The number of benzene rings is 5. The minimum absolute atomic E-state index is 0. The van der Waals surface area contributed by atoms with E-state index >= 15 is 0 Å². The van der Waals surface area contributed by atoms with Gasteiger partial charge in [0.1, 0.15) is 5.82 Å². The molecule has 0 spiro atoms. The zero-order valence-corrected chi connectivity index (χ0v) is 39.2. The molecule has 7 heteroatoms. The van der Waals surface area contributed by atoms with E-state index in [1.807, 2.05) is 36.5 Å². The van der Waals surface area contributed by atoms with Gasteiger partial charge in [-0.3, -0.25) is 0 Å². The second kappa shape index (κ2) is 15.6. The molecule has 0 N–H and O–H groups in total. The Labute approximate surface area is 370 Å². The number of hydrogen-bond donors (Lipinski definition) is 0. The zero-order valence-electron chi connectivity index (χ0n) is 36.9. The number of fused-ring (bicyclic) bond motifs is 3. The van der Waals surface area contributed by atoms with E-state index < -0.39 is 0 Å². The molecule has 6 nitrogen and oxygen atoms in total. The fourth-order valence-corrected chi connectivity index (χ4v) is 7.46. The van der Waals surface area contributed by atoms with Gasteiger partial charge < -0.3 is 13.9 Å². The molecular weight excluding hydrogens is 918 g/mol. The van der Waals surface area contributed by atoms with Gasteiger partial charge in [-0.25, -0.2) is 4.98 Å². The first-order valence-corrected chi connectivity index (χ1v) is 20.6. The third-order valence-electron chi connectivity index (χ3n) is 11.0. The zero-order chi connectivity index (χ0) is 42.1. The van der Waals surface area contributed by atoms with Gasteiger partial charge in [-0.2, -0.15) is 22.9 Å². The summed E-state index contributed by atoms with van der Waals surface area (Å²) >= 11 is 0. The van der Waals surface area contributed by atoms with Crippen LogP contribution in [0.15, 0.2) is 115 Å². The summed E-state index contributed by atoms with van der Waals surface area (Å²) in [5.74, 6) is 2.87. The predicted molar refractivity (Wildman–Crippen MR) is 240 cm³/mol. The largest absolute Gasteiger partial charge is 0.510 e. The smallest absolute Gasteiger partial charge is 0.210 e. The average molecular weight is 973 g/mol. The maximum absolute atomic E-state index is 6.60. The van der Waals surface area contributed by atoms with Crippen LogP contribution in [0, 0.1) is 18.5 Å². The summed E-state index contributed by atoms with van der Waals surface area (Å²) in [5.41, 5.74) is 9.44. The maximum atomic E-state index is 6.60. The van der Waals surface area contributed by atoms with Gasteiger partial charge in [0.05, 0.1) is 0 Å².